The maximum absolute atomic E-state index is 14.3. The molecule has 24 heavy (non-hydrogen) atoms. The largest absolute Gasteiger partial charge is 0.392 e. The number of aliphatic hydroxyl groups is 1. The highest BCUT2D eigenvalue weighted by molar-refractivity contribution is 5.50. The fourth-order valence-corrected chi connectivity index (χ4v) is 2.99. The van der Waals surface area contributed by atoms with E-state index in [2.05, 4.69) is 4.98 Å². The number of aromatic nitrogens is 1. The van der Waals surface area contributed by atoms with Gasteiger partial charge in [-0.25, -0.2) is 4.39 Å². The molecule has 1 aromatic heterocycles. The van der Waals surface area contributed by atoms with Crippen LogP contribution in [0, 0.1) is 12.7 Å². The topological polar surface area (TPSA) is 45.6 Å². The number of halogens is 1. The van der Waals surface area contributed by atoms with Gasteiger partial charge in [-0.3, -0.25) is 4.98 Å². The fourth-order valence-electron chi connectivity index (χ4n) is 2.99. The van der Waals surface area contributed by atoms with Gasteiger partial charge >= 0.3 is 0 Å². The lowest BCUT2D eigenvalue weighted by Crippen LogP contribution is -2.37. The average molecular weight is 330 g/mol. The summed E-state index contributed by atoms with van der Waals surface area (Å²) in [5.74, 6) is -0.315. The second-order valence-corrected chi connectivity index (χ2v) is 6.21. The number of ether oxygens (including phenoxy) is 1. The zero-order valence-electron chi connectivity index (χ0n) is 13.9. The van der Waals surface area contributed by atoms with Crippen LogP contribution >= 0.6 is 0 Å². The normalized spacial score (nSPS) is 15.7. The molecule has 1 saturated heterocycles. The van der Waals surface area contributed by atoms with Gasteiger partial charge in [0.05, 0.1) is 25.0 Å². The number of aliphatic hydroxyl groups excluding tert-OH is 1. The van der Waals surface area contributed by atoms with Crippen molar-refractivity contribution in [3.05, 3.63) is 59.2 Å². The van der Waals surface area contributed by atoms with Crippen LogP contribution in [0.3, 0.4) is 0 Å². The zero-order valence-corrected chi connectivity index (χ0v) is 13.9. The Morgan fingerprint density at radius 3 is 2.71 bits per heavy atom. The van der Waals surface area contributed by atoms with Crippen molar-refractivity contribution < 1.29 is 14.2 Å². The Morgan fingerprint density at radius 1 is 1.25 bits per heavy atom. The van der Waals surface area contributed by atoms with Gasteiger partial charge < -0.3 is 14.7 Å². The smallest absolute Gasteiger partial charge is 0.151 e. The number of benzene rings is 1. The molecular formula is C19H23FN2O2. The van der Waals surface area contributed by atoms with Crippen LogP contribution in [-0.2, 0) is 18.0 Å². The summed E-state index contributed by atoms with van der Waals surface area (Å²) in [5, 5.41) is 9.20. The van der Waals surface area contributed by atoms with Gasteiger partial charge in [-0.15, -0.1) is 0 Å². The lowest BCUT2D eigenvalue weighted by Gasteiger charge is -2.34. The quantitative estimate of drug-likeness (QED) is 0.914. The van der Waals surface area contributed by atoms with Crippen molar-refractivity contribution in [3.63, 3.8) is 0 Å². The third kappa shape index (κ3) is 3.91. The number of piperidine rings is 1. The van der Waals surface area contributed by atoms with Gasteiger partial charge in [0, 0.05) is 30.5 Å². The summed E-state index contributed by atoms with van der Waals surface area (Å²) < 4.78 is 20.3. The highest BCUT2D eigenvalue weighted by Crippen LogP contribution is 2.26. The van der Waals surface area contributed by atoms with E-state index in [0.29, 0.717) is 17.9 Å². The Labute approximate surface area is 141 Å². The Kier molecular flexibility index (Phi) is 5.43. The summed E-state index contributed by atoms with van der Waals surface area (Å²) in [4.78, 5) is 6.30. The van der Waals surface area contributed by atoms with Gasteiger partial charge in [0.1, 0.15) is 0 Å². The van der Waals surface area contributed by atoms with E-state index in [1.165, 1.54) is 0 Å². The fraction of sp³-hybridized carbons (Fsp3) is 0.421. The van der Waals surface area contributed by atoms with Crippen LogP contribution in [-0.4, -0.2) is 29.3 Å². The van der Waals surface area contributed by atoms with Crippen LogP contribution in [0.1, 0.15) is 29.7 Å². The van der Waals surface area contributed by atoms with E-state index < -0.39 is 0 Å². The molecule has 3 rings (SSSR count). The van der Waals surface area contributed by atoms with E-state index >= 15 is 0 Å². The second-order valence-electron chi connectivity index (χ2n) is 6.21. The molecule has 4 nitrogen and oxygen atoms in total. The maximum atomic E-state index is 14.3. The van der Waals surface area contributed by atoms with E-state index in [0.717, 1.165) is 37.2 Å². The second kappa shape index (κ2) is 7.73. The molecule has 1 fully saturated rings. The van der Waals surface area contributed by atoms with Crippen LogP contribution in [0.15, 0.2) is 36.5 Å². The van der Waals surface area contributed by atoms with E-state index in [9.17, 15) is 9.50 Å². The number of anilines is 1. The summed E-state index contributed by atoms with van der Waals surface area (Å²) in [6.07, 6.45) is 3.76. The number of nitrogens with zero attached hydrogens (tertiary/aromatic N) is 2. The summed E-state index contributed by atoms with van der Waals surface area (Å²) in [6.45, 7) is 3.76. The predicted molar refractivity (Wildman–Crippen MR) is 91.3 cm³/mol. The third-order valence-electron chi connectivity index (χ3n) is 4.47. The minimum Gasteiger partial charge on any atom is -0.392 e. The van der Waals surface area contributed by atoms with Crippen LogP contribution in [0.4, 0.5) is 10.1 Å². The molecule has 0 unspecified atom stereocenters. The summed E-state index contributed by atoms with van der Waals surface area (Å²) in [6, 6.07) is 9.19. The molecule has 1 aromatic carbocycles. The van der Waals surface area contributed by atoms with Crippen molar-refractivity contribution in [2.75, 3.05) is 18.0 Å². The monoisotopic (exact) mass is 330 g/mol. The third-order valence-corrected chi connectivity index (χ3v) is 4.47. The Balaban J connectivity index is 1.53. The first-order valence-electron chi connectivity index (χ1n) is 8.33. The van der Waals surface area contributed by atoms with E-state index in [1.54, 1.807) is 18.2 Å². The zero-order chi connectivity index (χ0) is 16.9. The molecule has 1 aliphatic heterocycles. The highest BCUT2D eigenvalue weighted by Gasteiger charge is 2.22. The number of pyridine rings is 1. The first kappa shape index (κ1) is 16.9. The van der Waals surface area contributed by atoms with Crippen molar-refractivity contribution in [1.82, 2.24) is 4.98 Å². The summed E-state index contributed by atoms with van der Waals surface area (Å²) >= 11 is 0. The Hall–Kier alpha value is -1.98. The van der Waals surface area contributed by atoms with Crippen LogP contribution < -0.4 is 4.90 Å². The Morgan fingerprint density at radius 2 is 2.04 bits per heavy atom. The summed E-state index contributed by atoms with van der Waals surface area (Å²) in [5.41, 5.74) is 2.99. The molecule has 5 heteroatoms. The molecule has 0 aliphatic carbocycles. The molecule has 0 bridgehead atoms. The van der Waals surface area contributed by atoms with Gasteiger partial charge in [0.25, 0.3) is 0 Å². The van der Waals surface area contributed by atoms with Crippen molar-refractivity contribution >= 4 is 5.69 Å². The molecule has 1 N–H and O–H groups in total. The van der Waals surface area contributed by atoms with Gasteiger partial charge in [-0.05, 0) is 37.5 Å². The number of rotatable bonds is 5. The van der Waals surface area contributed by atoms with Gasteiger partial charge in [0.15, 0.2) is 5.82 Å². The minimum atomic E-state index is -0.315. The molecule has 0 spiro atoms. The highest BCUT2D eigenvalue weighted by atomic mass is 19.1. The average Bonchev–Trinajstić information content (AvgIpc) is 2.62. The maximum Gasteiger partial charge on any atom is 0.151 e. The van der Waals surface area contributed by atoms with Crippen molar-refractivity contribution in [3.8, 4) is 0 Å². The first-order valence-corrected chi connectivity index (χ1v) is 8.33. The van der Waals surface area contributed by atoms with E-state index in [4.69, 9.17) is 4.74 Å². The van der Waals surface area contributed by atoms with Gasteiger partial charge in [-0.2, -0.15) is 0 Å². The van der Waals surface area contributed by atoms with Crippen LogP contribution in [0.5, 0.6) is 0 Å². The first-order chi connectivity index (χ1) is 11.7. The van der Waals surface area contributed by atoms with Crippen LogP contribution in [0.25, 0.3) is 0 Å². The Bertz CT molecular complexity index is 668. The molecule has 0 atom stereocenters. The van der Waals surface area contributed by atoms with Crippen molar-refractivity contribution in [1.29, 1.82) is 0 Å². The number of hydrogen-bond acceptors (Lipinski definition) is 4. The lowest BCUT2D eigenvalue weighted by molar-refractivity contribution is 0.0249. The molecular weight excluding hydrogens is 307 g/mol. The SMILES string of the molecule is Cc1ccc(COC2CCN(c3cccc(CO)c3F)CC2)cn1. The number of hydrogen-bond donors (Lipinski definition) is 1. The standard InChI is InChI=1S/C19H23FN2O2/c1-14-5-6-15(11-21-14)13-24-17-7-9-22(10-8-17)18-4-2-3-16(12-23)19(18)20/h2-6,11,17,23H,7-10,12-13H2,1H3. The van der Waals surface area contributed by atoms with E-state index in [1.807, 2.05) is 30.2 Å². The van der Waals surface area contributed by atoms with Crippen molar-refractivity contribution in [2.45, 2.75) is 39.1 Å². The molecule has 0 saturated carbocycles. The minimum absolute atomic E-state index is 0.187. The van der Waals surface area contributed by atoms with E-state index in [-0.39, 0.29) is 18.5 Å². The summed E-state index contributed by atoms with van der Waals surface area (Å²) in [7, 11) is 0. The van der Waals surface area contributed by atoms with Crippen molar-refractivity contribution in [2.24, 2.45) is 0 Å². The number of aryl methyl sites for hydroxylation is 1. The molecule has 2 aromatic rings. The molecule has 0 radical (unpaired) electrons. The van der Waals surface area contributed by atoms with Gasteiger partial charge in [-0.1, -0.05) is 18.2 Å². The van der Waals surface area contributed by atoms with Crippen LogP contribution in [0.2, 0.25) is 0 Å². The molecule has 1 aliphatic rings. The molecule has 128 valence electrons. The molecule has 0 amide bonds. The van der Waals surface area contributed by atoms with Gasteiger partial charge in [0.2, 0.25) is 0 Å². The predicted octanol–water partition coefficient (Wildman–Crippen LogP) is 3.21. The molecule has 2 heterocycles. The lowest BCUT2D eigenvalue weighted by atomic mass is 10.1.